The average molecular weight is 658 g/mol. The summed E-state index contributed by atoms with van der Waals surface area (Å²) in [5.74, 6) is -1.70. The highest BCUT2D eigenvalue weighted by molar-refractivity contribution is 9.10. The van der Waals surface area contributed by atoms with Gasteiger partial charge in [-0.1, -0.05) is 64.5 Å². The summed E-state index contributed by atoms with van der Waals surface area (Å²) in [7, 11) is 0. The number of aromatic amines is 2. The Morgan fingerprint density at radius 2 is 1.22 bits per heavy atom. The van der Waals surface area contributed by atoms with Crippen molar-refractivity contribution in [3.05, 3.63) is 141 Å². The maximum Gasteiger partial charge on any atom is 0.261 e. The van der Waals surface area contributed by atoms with Crippen LogP contribution in [0.15, 0.2) is 102 Å². The van der Waals surface area contributed by atoms with Crippen LogP contribution >= 0.6 is 15.9 Å². The lowest BCUT2D eigenvalue weighted by Gasteiger charge is -2.24. The summed E-state index contributed by atoms with van der Waals surface area (Å²) in [5, 5.41) is 1.92. The summed E-state index contributed by atoms with van der Waals surface area (Å²) in [5.41, 5.74) is 6.09. The second kappa shape index (κ2) is 10.4. The number of hydrogen-bond donors (Lipinski definition) is 2. The van der Waals surface area contributed by atoms with Crippen LogP contribution in [0.3, 0.4) is 0 Å². The molecule has 8 nitrogen and oxygen atoms in total. The number of nitrogens with zero attached hydrogens (tertiary/aromatic N) is 2. The number of para-hydroxylation sites is 1. The molecule has 0 saturated carbocycles. The third-order valence-corrected chi connectivity index (χ3v) is 9.45. The minimum Gasteiger partial charge on any atom is -0.361 e. The van der Waals surface area contributed by atoms with E-state index in [0.717, 1.165) is 43.1 Å². The SMILES string of the molecule is O=C1c2ccccc2C(=O)N1CCc1c(C(CN2C(=O)c3ccccc3C2=O)c2c[nH]c3cc(Br)ccc23)[nH]c2ccccc12. The average Bonchev–Trinajstić information content (AvgIpc) is 3.77. The van der Waals surface area contributed by atoms with Gasteiger partial charge in [0.15, 0.2) is 0 Å². The van der Waals surface area contributed by atoms with E-state index < -0.39 is 5.92 Å². The van der Waals surface area contributed by atoms with Crippen molar-refractivity contribution < 1.29 is 19.2 Å². The van der Waals surface area contributed by atoms with E-state index in [2.05, 4.69) is 25.9 Å². The Morgan fingerprint density at radius 3 is 1.87 bits per heavy atom. The molecule has 45 heavy (non-hydrogen) atoms. The number of amides is 4. The van der Waals surface area contributed by atoms with Crippen LogP contribution in [0.25, 0.3) is 21.8 Å². The summed E-state index contributed by atoms with van der Waals surface area (Å²) in [6, 6.07) is 27.6. The molecule has 4 aromatic carbocycles. The Labute approximate surface area is 265 Å². The molecule has 4 heterocycles. The molecule has 2 aromatic heterocycles. The predicted octanol–water partition coefficient (Wildman–Crippen LogP) is 6.68. The molecular weight excluding hydrogens is 632 g/mol. The van der Waals surface area contributed by atoms with Crippen LogP contribution in [-0.4, -0.2) is 56.5 Å². The second-order valence-electron chi connectivity index (χ2n) is 11.4. The number of H-pyrrole nitrogens is 2. The highest BCUT2D eigenvalue weighted by Crippen LogP contribution is 2.38. The zero-order valence-electron chi connectivity index (χ0n) is 23.8. The van der Waals surface area contributed by atoms with Crippen molar-refractivity contribution in [1.29, 1.82) is 0 Å². The Balaban J connectivity index is 1.24. The minimum absolute atomic E-state index is 0.0994. The quantitative estimate of drug-likeness (QED) is 0.187. The molecule has 2 aliphatic rings. The molecule has 2 N–H and O–H groups in total. The number of rotatable bonds is 7. The molecule has 0 fully saturated rings. The molecule has 1 atom stereocenters. The van der Waals surface area contributed by atoms with E-state index in [4.69, 9.17) is 0 Å². The smallest absolute Gasteiger partial charge is 0.261 e. The third-order valence-electron chi connectivity index (χ3n) is 8.95. The second-order valence-corrected chi connectivity index (χ2v) is 12.3. The van der Waals surface area contributed by atoms with Crippen LogP contribution in [0.5, 0.6) is 0 Å². The standard InChI is InChI=1S/C36H25BrN4O4/c37-20-13-14-22-28(18-38-31(22)17-20)29(19-41-35(44)26-10-3-4-11-27(26)36(41)45)32-23(21-7-5-6-12-30(21)39-32)15-16-40-33(42)24-8-1-2-9-25(24)34(40)43/h1-14,17-18,29,38-39H,15-16,19H2. The summed E-state index contributed by atoms with van der Waals surface area (Å²) >= 11 is 3.55. The van der Waals surface area contributed by atoms with Gasteiger partial charge in [0.05, 0.1) is 22.3 Å². The highest BCUT2D eigenvalue weighted by Gasteiger charge is 2.39. The fourth-order valence-corrected chi connectivity index (χ4v) is 7.16. The number of fused-ring (bicyclic) bond motifs is 4. The minimum atomic E-state index is -0.438. The summed E-state index contributed by atoms with van der Waals surface area (Å²) in [6.07, 6.45) is 2.32. The van der Waals surface area contributed by atoms with Crippen LogP contribution in [0, 0.1) is 0 Å². The van der Waals surface area contributed by atoms with Gasteiger partial charge in [-0.05, 0) is 60.0 Å². The van der Waals surface area contributed by atoms with E-state index in [1.807, 2.05) is 48.7 Å². The Bertz CT molecular complexity index is 2160. The lowest BCUT2D eigenvalue weighted by Crippen LogP contribution is -2.35. The molecule has 0 saturated heterocycles. The van der Waals surface area contributed by atoms with E-state index >= 15 is 0 Å². The fraction of sp³-hybridized carbons (Fsp3) is 0.111. The first kappa shape index (κ1) is 27.3. The van der Waals surface area contributed by atoms with Crippen molar-refractivity contribution in [2.24, 2.45) is 0 Å². The number of carbonyl (C=O) groups excluding carboxylic acids is 4. The van der Waals surface area contributed by atoms with Gasteiger partial charge in [-0.3, -0.25) is 29.0 Å². The maximum atomic E-state index is 13.6. The van der Waals surface area contributed by atoms with E-state index in [-0.39, 0.29) is 36.7 Å². The molecule has 8 rings (SSSR count). The molecule has 0 bridgehead atoms. The predicted molar refractivity (Wildman–Crippen MR) is 173 cm³/mol. The van der Waals surface area contributed by atoms with Gasteiger partial charge in [0.25, 0.3) is 23.6 Å². The van der Waals surface area contributed by atoms with Crippen LogP contribution in [-0.2, 0) is 6.42 Å². The molecular formula is C36H25BrN4O4. The molecule has 0 spiro atoms. The molecule has 4 amide bonds. The van der Waals surface area contributed by atoms with Gasteiger partial charge in [-0.15, -0.1) is 0 Å². The third kappa shape index (κ3) is 4.26. The van der Waals surface area contributed by atoms with Gasteiger partial charge >= 0.3 is 0 Å². The van der Waals surface area contributed by atoms with Crippen molar-refractivity contribution in [3.63, 3.8) is 0 Å². The number of imide groups is 2. The van der Waals surface area contributed by atoms with Gasteiger partial charge in [-0.2, -0.15) is 0 Å². The fourth-order valence-electron chi connectivity index (χ4n) is 6.80. The summed E-state index contributed by atoms with van der Waals surface area (Å²) in [4.78, 5) is 63.2. The lowest BCUT2D eigenvalue weighted by atomic mass is 9.90. The molecule has 1 unspecified atom stereocenters. The normalized spacial score (nSPS) is 15.0. The number of hydrogen-bond acceptors (Lipinski definition) is 4. The maximum absolute atomic E-state index is 13.6. The van der Waals surface area contributed by atoms with E-state index in [1.165, 1.54) is 9.80 Å². The topological polar surface area (TPSA) is 106 Å². The largest absolute Gasteiger partial charge is 0.361 e. The molecule has 0 aliphatic carbocycles. The van der Waals surface area contributed by atoms with Crippen molar-refractivity contribution in [2.45, 2.75) is 12.3 Å². The van der Waals surface area contributed by atoms with Crippen LogP contribution in [0.2, 0.25) is 0 Å². The number of aromatic nitrogens is 2. The molecule has 9 heteroatoms. The monoisotopic (exact) mass is 656 g/mol. The Hall–Kier alpha value is -5.28. The number of halogens is 1. The van der Waals surface area contributed by atoms with E-state index in [0.29, 0.717) is 28.7 Å². The molecule has 6 aromatic rings. The lowest BCUT2D eigenvalue weighted by molar-refractivity contribution is 0.0634. The van der Waals surface area contributed by atoms with E-state index in [1.54, 1.807) is 48.5 Å². The first-order valence-corrected chi connectivity index (χ1v) is 15.5. The molecule has 2 aliphatic heterocycles. The summed E-state index contributed by atoms with van der Waals surface area (Å²) in [6.45, 7) is 0.282. The van der Waals surface area contributed by atoms with Crippen LogP contribution in [0.1, 0.15) is 64.2 Å². The van der Waals surface area contributed by atoms with Crippen LogP contribution in [0.4, 0.5) is 0 Å². The zero-order chi connectivity index (χ0) is 30.8. The zero-order valence-corrected chi connectivity index (χ0v) is 25.4. The first-order valence-electron chi connectivity index (χ1n) is 14.7. The number of benzene rings is 4. The molecule has 0 radical (unpaired) electrons. The van der Waals surface area contributed by atoms with Crippen LogP contribution < -0.4 is 0 Å². The Morgan fingerprint density at radius 1 is 0.644 bits per heavy atom. The van der Waals surface area contributed by atoms with Crippen molar-refractivity contribution in [3.8, 4) is 0 Å². The van der Waals surface area contributed by atoms with E-state index in [9.17, 15) is 19.2 Å². The Kier molecular flexibility index (Phi) is 6.32. The summed E-state index contributed by atoms with van der Waals surface area (Å²) < 4.78 is 0.924. The highest BCUT2D eigenvalue weighted by atomic mass is 79.9. The molecule has 220 valence electrons. The number of carbonyl (C=O) groups is 4. The van der Waals surface area contributed by atoms with Crippen molar-refractivity contribution in [1.82, 2.24) is 19.8 Å². The van der Waals surface area contributed by atoms with Gasteiger partial charge < -0.3 is 9.97 Å². The van der Waals surface area contributed by atoms with Gasteiger partial charge in [0.2, 0.25) is 0 Å². The van der Waals surface area contributed by atoms with Gasteiger partial charge in [0, 0.05) is 57.2 Å². The van der Waals surface area contributed by atoms with Gasteiger partial charge in [-0.25, -0.2) is 0 Å². The van der Waals surface area contributed by atoms with Crippen molar-refractivity contribution in [2.75, 3.05) is 13.1 Å². The van der Waals surface area contributed by atoms with Gasteiger partial charge in [0.1, 0.15) is 0 Å². The number of nitrogens with one attached hydrogen (secondary N) is 2. The van der Waals surface area contributed by atoms with Crippen molar-refractivity contribution >= 4 is 61.4 Å². The first-order chi connectivity index (χ1) is 21.9.